The summed E-state index contributed by atoms with van der Waals surface area (Å²) in [6.07, 6.45) is -3.31. The van der Waals surface area contributed by atoms with E-state index in [0.29, 0.717) is 11.3 Å². The molecule has 0 aliphatic carbocycles. The summed E-state index contributed by atoms with van der Waals surface area (Å²) in [4.78, 5) is 3.64. The highest BCUT2D eigenvalue weighted by atomic mass is 19.4. The largest absolute Gasteiger partial charge is 0.497 e. The molecular formula is C14H13F3N2O2. The molecule has 0 bridgehead atoms. The SMILES string of the molecule is COc1cc(CN)cc(Oc2ncccc2C(F)(F)F)c1. The fourth-order valence-electron chi connectivity index (χ4n) is 1.72. The maximum atomic E-state index is 12.9. The van der Waals surface area contributed by atoms with Crippen LogP contribution in [-0.4, -0.2) is 12.1 Å². The van der Waals surface area contributed by atoms with Gasteiger partial charge in [0.25, 0.3) is 0 Å². The lowest BCUT2D eigenvalue weighted by Gasteiger charge is -2.13. The van der Waals surface area contributed by atoms with Crippen LogP contribution in [0.15, 0.2) is 36.5 Å². The van der Waals surface area contributed by atoms with Gasteiger partial charge in [-0.15, -0.1) is 0 Å². The number of pyridine rings is 1. The molecule has 1 heterocycles. The summed E-state index contributed by atoms with van der Waals surface area (Å²) >= 11 is 0. The van der Waals surface area contributed by atoms with E-state index in [-0.39, 0.29) is 12.3 Å². The fourth-order valence-corrected chi connectivity index (χ4v) is 1.72. The molecule has 0 saturated heterocycles. The first-order chi connectivity index (χ1) is 9.94. The second kappa shape index (κ2) is 6.01. The van der Waals surface area contributed by atoms with Crippen molar-refractivity contribution in [2.75, 3.05) is 7.11 Å². The average Bonchev–Trinajstić information content (AvgIpc) is 2.46. The van der Waals surface area contributed by atoms with Crippen LogP contribution in [0.4, 0.5) is 13.2 Å². The maximum Gasteiger partial charge on any atom is 0.421 e. The Balaban J connectivity index is 2.39. The number of alkyl halides is 3. The Morgan fingerprint density at radius 2 is 1.90 bits per heavy atom. The van der Waals surface area contributed by atoms with Crippen LogP contribution in [0, 0.1) is 0 Å². The highest BCUT2D eigenvalue weighted by molar-refractivity contribution is 5.41. The molecule has 21 heavy (non-hydrogen) atoms. The van der Waals surface area contributed by atoms with Crippen LogP contribution >= 0.6 is 0 Å². The summed E-state index contributed by atoms with van der Waals surface area (Å²) in [7, 11) is 1.45. The van der Waals surface area contributed by atoms with Crippen molar-refractivity contribution in [2.24, 2.45) is 5.73 Å². The van der Waals surface area contributed by atoms with Gasteiger partial charge >= 0.3 is 6.18 Å². The Morgan fingerprint density at radius 1 is 1.19 bits per heavy atom. The molecule has 0 aliphatic heterocycles. The molecule has 0 radical (unpaired) electrons. The molecule has 112 valence electrons. The van der Waals surface area contributed by atoms with E-state index in [0.717, 1.165) is 6.07 Å². The lowest BCUT2D eigenvalue weighted by Crippen LogP contribution is -2.08. The zero-order valence-corrected chi connectivity index (χ0v) is 11.1. The van der Waals surface area contributed by atoms with E-state index in [1.165, 1.54) is 31.5 Å². The quantitative estimate of drug-likeness (QED) is 0.940. The van der Waals surface area contributed by atoms with Crippen molar-refractivity contribution in [1.29, 1.82) is 0 Å². The zero-order valence-electron chi connectivity index (χ0n) is 11.1. The highest BCUT2D eigenvalue weighted by Gasteiger charge is 2.35. The van der Waals surface area contributed by atoms with Gasteiger partial charge in [-0.25, -0.2) is 4.98 Å². The van der Waals surface area contributed by atoms with Gasteiger partial charge in [-0.1, -0.05) is 0 Å². The van der Waals surface area contributed by atoms with E-state index in [1.807, 2.05) is 0 Å². The van der Waals surface area contributed by atoms with Gasteiger partial charge in [-0.2, -0.15) is 13.2 Å². The van der Waals surface area contributed by atoms with Gasteiger partial charge in [-0.05, 0) is 29.8 Å². The molecule has 0 unspecified atom stereocenters. The van der Waals surface area contributed by atoms with Crippen LogP contribution in [0.1, 0.15) is 11.1 Å². The molecule has 2 aromatic rings. The van der Waals surface area contributed by atoms with Gasteiger partial charge in [0.15, 0.2) is 0 Å². The second-order valence-corrected chi connectivity index (χ2v) is 4.18. The minimum atomic E-state index is -4.54. The fraction of sp³-hybridized carbons (Fsp3) is 0.214. The van der Waals surface area contributed by atoms with Crippen molar-refractivity contribution in [1.82, 2.24) is 4.98 Å². The molecule has 0 aliphatic rings. The standard InChI is InChI=1S/C14H13F3N2O2/c1-20-10-5-9(8-18)6-11(7-10)21-13-12(14(15,16)17)3-2-4-19-13/h2-7H,8,18H2,1H3. The predicted octanol–water partition coefficient (Wildman–Crippen LogP) is 3.36. The molecule has 0 amide bonds. The van der Waals surface area contributed by atoms with E-state index in [2.05, 4.69) is 4.98 Å². The van der Waals surface area contributed by atoms with Crippen LogP contribution in [0.5, 0.6) is 17.4 Å². The number of halogens is 3. The Morgan fingerprint density at radius 3 is 2.52 bits per heavy atom. The first kappa shape index (κ1) is 15.1. The van der Waals surface area contributed by atoms with E-state index in [4.69, 9.17) is 15.2 Å². The van der Waals surface area contributed by atoms with Crippen molar-refractivity contribution >= 4 is 0 Å². The summed E-state index contributed by atoms with van der Waals surface area (Å²) in [5, 5.41) is 0. The number of methoxy groups -OCH3 is 1. The number of nitrogens with two attached hydrogens (primary N) is 1. The third-order valence-electron chi connectivity index (χ3n) is 2.70. The summed E-state index contributed by atoms with van der Waals surface area (Å²) in [6.45, 7) is 0.210. The Bertz CT molecular complexity index is 608. The first-order valence-electron chi connectivity index (χ1n) is 6.02. The van der Waals surface area contributed by atoms with E-state index in [1.54, 1.807) is 6.07 Å². The van der Waals surface area contributed by atoms with Crippen LogP contribution in [0.25, 0.3) is 0 Å². The van der Waals surface area contributed by atoms with Crippen LogP contribution in [0.3, 0.4) is 0 Å². The minimum absolute atomic E-state index is 0.180. The number of benzene rings is 1. The normalized spacial score (nSPS) is 11.3. The van der Waals surface area contributed by atoms with E-state index < -0.39 is 17.6 Å². The van der Waals surface area contributed by atoms with Crippen molar-refractivity contribution < 1.29 is 22.6 Å². The molecule has 0 spiro atoms. The number of ether oxygens (including phenoxy) is 2. The Labute approximate surface area is 119 Å². The summed E-state index contributed by atoms with van der Waals surface area (Å²) in [6, 6.07) is 6.79. The molecule has 1 aromatic heterocycles. The van der Waals surface area contributed by atoms with Gasteiger partial charge in [0, 0.05) is 18.8 Å². The van der Waals surface area contributed by atoms with Gasteiger partial charge in [0.1, 0.15) is 17.1 Å². The van der Waals surface area contributed by atoms with Crippen LogP contribution in [-0.2, 0) is 12.7 Å². The third-order valence-corrected chi connectivity index (χ3v) is 2.70. The summed E-state index contributed by atoms with van der Waals surface area (Å²) in [5.41, 5.74) is 5.26. The van der Waals surface area contributed by atoms with Crippen molar-refractivity contribution in [3.8, 4) is 17.4 Å². The lowest BCUT2D eigenvalue weighted by molar-refractivity contribution is -0.138. The average molecular weight is 298 g/mol. The zero-order chi connectivity index (χ0) is 15.5. The molecule has 4 nitrogen and oxygen atoms in total. The number of nitrogens with zero attached hydrogens (tertiary/aromatic N) is 1. The maximum absolute atomic E-state index is 12.9. The van der Waals surface area contributed by atoms with Crippen LogP contribution in [0.2, 0.25) is 0 Å². The number of aromatic nitrogens is 1. The van der Waals surface area contributed by atoms with Gasteiger partial charge in [-0.3, -0.25) is 0 Å². The lowest BCUT2D eigenvalue weighted by atomic mass is 10.2. The van der Waals surface area contributed by atoms with Crippen molar-refractivity contribution in [3.05, 3.63) is 47.7 Å². The minimum Gasteiger partial charge on any atom is -0.497 e. The summed E-state index contributed by atoms with van der Waals surface area (Å²) in [5.74, 6) is 0.109. The molecule has 2 rings (SSSR count). The van der Waals surface area contributed by atoms with Gasteiger partial charge in [0.2, 0.25) is 5.88 Å². The molecule has 0 atom stereocenters. The Hall–Kier alpha value is -2.28. The first-order valence-corrected chi connectivity index (χ1v) is 6.02. The molecular weight excluding hydrogens is 285 g/mol. The van der Waals surface area contributed by atoms with Gasteiger partial charge < -0.3 is 15.2 Å². The molecule has 7 heteroatoms. The van der Waals surface area contributed by atoms with Gasteiger partial charge in [0.05, 0.1) is 7.11 Å². The molecule has 2 N–H and O–H groups in total. The van der Waals surface area contributed by atoms with Crippen molar-refractivity contribution in [3.63, 3.8) is 0 Å². The number of rotatable bonds is 4. The molecule has 0 saturated carbocycles. The summed E-state index contributed by atoms with van der Waals surface area (Å²) < 4.78 is 48.9. The number of hydrogen-bond acceptors (Lipinski definition) is 4. The predicted molar refractivity (Wildman–Crippen MR) is 70.2 cm³/mol. The van der Waals surface area contributed by atoms with E-state index >= 15 is 0 Å². The van der Waals surface area contributed by atoms with Crippen molar-refractivity contribution in [2.45, 2.75) is 12.7 Å². The van der Waals surface area contributed by atoms with Crippen LogP contribution < -0.4 is 15.2 Å². The molecule has 1 aromatic carbocycles. The van der Waals surface area contributed by atoms with E-state index in [9.17, 15) is 13.2 Å². The third kappa shape index (κ3) is 3.63. The number of hydrogen-bond donors (Lipinski definition) is 1. The topological polar surface area (TPSA) is 57.4 Å². The second-order valence-electron chi connectivity index (χ2n) is 4.18. The Kier molecular flexibility index (Phi) is 4.32. The molecule has 0 fully saturated rings. The highest BCUT2D eigenvalue weighted by Crippen LogP contribution is 2.37. The smallest absolute Gasteiger partial charge is 0.421 e. The monoisotopic (exact) mass is 298 g/mol.